The molecule has 39 heavy (non-hydrogen) atoms. The van der Waals surface area contributed by atoms with Crippen molar-refractivity contribution in [2.75, 3.05) is 20.1 Å². The highest BCUT2D eigenvalue weighted by molar-refractivity contribution is 7.59. The zero-order valence-corrected chi connectivity index (χ0v) is 23.2. The van der Waals surface area contributed by atoms with Gasteiger partial charge in [0.1, 0.15) is 39.9 Å². The van der Waals surface area contributed by atoms with E-state index in [4.69, 9.17) is 15.2 Å². The fraction of sp³-hybridized carbons (Fsp3) is 0.333. The van der Waals surface area contributed by atoms with Crippen LogP contribution in [0.5, 0.6) is 11.5 Å². The summed E-state index contributed by atoms with van der Waals surface area (Å²) in [5, 5.41) is 0.587. The molecule has 2 aromatic carbocycles. The second kappa shape index (κ2) is 11.5. The van der Waals surface area contributed by atoms with E-state index in [0.717, 1.165) is 54.4 Å². The second-order valence-electron chi connectivity index (χ2n) is 9.37. The van der Waals surface area contributed by atoms with Crippen LogP contribution in [0.25, 0.3) is 16.0 Å². The predicted molar refractivity (Wildman–Crippen MR) is 149 cm³/mol. The number of ether oxygens (including phenoxy) is 2. The fourth-order valence-electron chi connectivity index (χ4n) is 4.64. The van der Waals surface area contributed by atoms with E-state index in [9.17, 15) is 18.0 Å². The molecule has 1 saturated heterocycles. The molecule has 0 saturated carbocycles. The van der Waals surface area contributed by atoms with Crippen LogP contribution in [-0.2, 0) is 6.18 Å². The quantitative estimate of drug-likeness (QED) is 0.294. The average Bonchev–Trinajstić information content (AvgIpc) is 3.49. The Hall–Kier alpha value is -3.22. The van der Waals surface area contributed by atoms with E-state index >= 15 is 0 Å². The number of halogens is 3. The molecule has 0 spiro atoms. The van der Waals surface area contributed by atoms with E-state index in [1.54, 1.807) is 17.0 Å². The Morgan fingerprint density at radius 1 is 1.15 bits per heavy atom. The van der Waals surface area contributed by atoms with Crippen LogP contribution >= 0.6 is 24.8 Å². The number of likely N-dealkylation sites (tertiary alicyclic amines) is 1. The summed E-state index contributed by atoms with van der Waals surface area (Å²) in [7, 11) is 2.09. The molecule has 0 bridgehead atoms. The monoisotopic (exact) mass is 578 g/mol. The van der Waals surface area contributed by atoms with Crippen molar-refractivity contribution >= 4 is 41.8 Å². The summed E-state index contributed by atoms with van der Waals surface area (Å²) in [6.45, 7) is 3.46. The van der Waals surface area contributed by atoms with Gasteiger partial charge < -0.3 is 20.1 Å². The number of nitrogens with zero attached hydrogens (tertiary/aromatic N) is 3. The van der Waals surface area contributed by atoms with E-state index in [0.29, 0.717) is 10.8 Å². The van der Waals surface area contributed by atoms with Crippen LogP contribution in [0.2, 0.25) is 0 Å². The van der Waals surface area contributed by atoms with Crippen molar-refractivity contribution in [2.45, 2.75) is 38.1 Å². The highest BCUT2D eigenvalue weighted by atomic mass is 32.1. The van der Waals surface area contributed by atoms with Gasteiger partial charge in [-0.15, -0.1) is 11.3 Å². The predicted octanol–water partition coefficient (Wildman–Crippen LogP) is 5.93. The van der Waals surface area contributed by atoms with Gasteiger partial charge in [0.05, 0.1) is 16.6 Å². The number of rotatable bonds is 7. The third-order valence-corrected chi connectivity index (χ3v) is 7.77. The lowest BCUT2D eigenvalue weighted by Crippen LogP contribution is -2.35. The molecule has 0 aliphatic carbocycles. The first-order valence-corrected chi connectivity index (χ1v) is 13.0. The average molecular weight is 579 g/mol. The Morgan fingerprint density at radius 3 is 2.56 bits per heavy atom. The zero-order chi connectivity index (χ0) is 27.0. The van der Waals surface area contributed by atoms with Crippen molar-refractivity contribution in [2.24, 2.45) is 5.73 Å². The SMILES string of the molecule is CC(Oc1cc(-n2cnc3ccc(OC4CCN(C)CC4)cc32)sc1C(N)=O)c1ccccc1C(F)(F)F.S. The Labute approximate surface area is 234 Å². The second-order valence-corrected chi connectivity index (χ2v) is 10.4. The Morgan fingerprint density at radius 2 is 1.87 bits per heavy atom. The number of hydrogen-bond acceptors (Lipinski definition) is 6. The number of primary amides is 1. The number of aromatic nitrogens is 2. The lowest BCUT2D eigenvalue weighted by Gasteiger charge is -2.29. The van der Waals surface area contributed by atoms with Crippen molar-refractivity contribution in [3.8, 4) is 16.5 Å². The molecule has 208 valence electrons. The van der Waals surface area contributed by atoms with Gasteiger partial charge in [0, 0.05) is 30.8 Å². The largest absolute Gasteiger partial charge is 0.490 e. The molecular formula is C27H29F3N4O3S2. The van der Waals surface area contributed by atoms with Gasteiger partial charge in [-0.3, -0.25) is 9.36 Å². The molecule has 2 N–H and O–H groups in total. The summed E-state index contributed by atoms with van der Waals surface area (Å²) >= 11 is 1.08. The van der Waals surface area contributed by atoms with Crippen LogP contribution in [0.4, 0.5) is 13.2 Å². The van der Waals surface area contributed by atoms with Crippen LogP contribution in [0, 0.1) is 0 Å². The van der Waals surface area contributed by atoms with Crippen LogP contribution < -0.4 is 15.2 Å². The van der Waals surface area contributed by atoms with Gasteiger partial charge in [-0.1, -0.05) is 18.2 Å². The van der Waals surface area contributed by atoms with Crippen molar-refractivity contribution in [1.29, 1.82) is 0 Å². The third-order valence-electron chi connectivity index (χ3n) is 6.64. The van der Waals surface area contributed by atoms with Gasteiger partial charge in [-0.05, 0) is 45.0 Å². The summed E-state index contributed by atoms with van der Waals surface area (Å²) in [5.41, 5.74) is 6.27. The normalized spacial score (nSPS) is 15.6. The molecule has 5 rings (SSSR count). The molecule has 1 atom stereocenters. The number of fused-ring (bicyclic) bond motifs is 1. The Kier molecular flexibility index (Phi) is 8.48. The molecule has 0 radical (unpaired) electrons. The maximum atomic E-state index is 13.5. The molecule has 7 nitrogen and oxygen atoms in total. The first kappa shape index (κ1) is 28.8. The summed E-state index contributed by atoms with van der Waals surface area (Å²) in [4.78, 5) is 19.1. The first-order chi connectivity index (χ1) is 18.1. The van der Waals surface area contributed by atoms with Crippen molar-refractivity contribution < 1.29 is 27.4 Å². The number of carbonyl (C=O) groups is 1. The van der Waals surface area contributed by atoms with Crippen LogP contribution in [-0.4, -0.2) is 46.6 Å². The minimum Gasteiger partial charge on any atom is -0.490 e. The number of nitrogens with two attached hydrogens (primary N) is 1. The van der Waals surface area contributed by atoms with Crippen molar-refractivity contribution in [1.82, 2.24) is 14.5 Å². The van der Waals surface area contributed by atoms with E-state index in [1.165, 1.54) is 25.1 Å². The molecule has 1 aliphatic heterocycles. The molecule has 4 aromatic rings. The summed E-state index contributed by atoms with van der Waals surface area (Å²) in [6.07, 6.45) is -1.89. The van der Waals surface area contributed by atoms with E-state index in [-0.39, 0.29) is 35.8 Å². The highest BCUT2D eigenvalue weighted by Gasteiger charge is 2.35. The van der Waals surface area contributed by atoms with Gasteiger partial charge in [-0.25, -0.2) is 4.98 Å². The van der Waals surface area contributed by atoms with Gasteiger partial charge in [0.2, 0.25) is 0 Å². The lowest BCUT2D eigenvalue weighted by molar-refractivity contribution is -0.139. The Bertz CT molecular complexity index is 1460. The molecule has 1 fully saturated rings. The summed E-state index contributed by atoms with van der Waals surface area (Å²) in [6, 6.07) is 12.5. The molecular weight excluding hydrogens is 549 g/mol. The van der Waals surface area contributed by atoms with Gasteiger partial charge in [-0.2, -0.15) is 26.7 Å². The van der Waals surface area contributed by atoms with Crippen molar-refractivity contribution in [3.05, 3.63) is 70.9 Å². The summed E-state index contributed by atoms with van der Waals surface area (Å²) < 4.78 is 54.5. The topological polar surface area (TPSA) is 82.6 Å². The number of imidazole rings is 1. The third kappa shape index (κ3) is 6.18. The molecule has 1 amide bonds. The number of amides is 1. The molecule has 3 heterocycles. The maximum Gasteiger partial charge on any atom is 0.416 e. The van der Waals surface area contributed by atoms with E-state index < -0.39 is 23.8 Å². The maximum absolute atomic E-state index is 13.5. The van der Waals surface area contributed by atoms with E-state index in [1.807, 2.05) is 18.2 Å². The highest BCUT2D eigenvalue weighted by Crippen LogP contribution is 2.39. The number of hydrogen-bond donors (Lipinski definition) is 1. The molecule has 2 aromatic heterocycles. The Balaban J connectivity index is 0.00000353. The number of alkyl halides is 3. The van der Waals surface area contributed by atoms with Gasteiger partial charge in [0.15, 0.2) is 0 Å². The van der Waals surface area contributed by atoms with Crippen LogP contribution in [0.3, 0.4) is 0 Å². The smallest absolute Gasteiger partial charge is 0.416 e. The van der Waals surface area contributed by atoms with Crippen LogP contribution in [0.1, 0.15) is 46.7 Å². The number of thiophene rings is 1. The minimum absolute atomic E-state index is 0. The zero-order valence-electron chi connectivity index (χ0n) is 21.4. The summed E-state index contributed by atoms with van der Waals surface area (Å²) in [5.74, 6) is 0.0974. The minimum atomic E-state index is -4.54. The van der Waals surface area contributed by atoms with E-state index in [2.05, 4.69) is 16.9 Å². The fourth-order valence-corrected chi connectivity index (χ4v) is 5.56. The standard InChI is InChI=1S/C27H27F3N4O3S.H2S/c1-16(19-5-3-4-6-20(19)27(28,29)30)36-23-14-24(38-25(23)26(31)35)34-15-32-21-8-7-18(13-22(21)34)37-17-9-11-33(2)12-10-17;/h3-8,13-17H,9-12H2,1-2H3,(H2,31,35);1H2. The van der Waals surface area contributed by atoms with Gasteiger partial charge in [0.25, 0.3) is 5.91 Å². The number of piperidine rings is 1. The van der Waals surface area contributed by atoms with Crippen molar-refractivity contribution in [3.63, 3.8) is 0 Å². The number of carbonyl (C=O) groups excluding carboxylic acids is 1. The molecule has 12 heteroatoms. The molecule has 1 aliphatic rings. The van der Waals surface area contributed by atoms with Gasteiger partial charge >= 0.3 is 6.18 Å². The lowest BCUT2D eigenvalue weighted by atomic mass is 10.0. The van der Waals surface area contributed by atoms with Crippen LogP contribution in [0.15, 0.2) is 54.9 Å². The molecule has 1 unspecified atom stereocenters. The first-order valence-electron chi connectivity index (χ1n) is 12.2. The number of benzene rings is 2.